The van der Waals surface area contributed by atoms with E-state index in [0.29, 0.717) is 21.6 Å². The maximum absolute atomic E-state index is 12.4. The van der Waals surface area contributed by atoms with Crippen LogP contribution < -0.4 is 10.1 Å². The van der Waals surface area contributed by atoms with Crippen molar-refractivity contribution in [2.75, 3.05) is 18.2 Å². The molecule has 2 aromatic carbocycles. The molecule has 6 nitrogen and oxygen atoms in total. The Balaban J connectivity index is 1.70. The van der Waals surface area contributed by atoms with Crippen molar-refractivity contribution in [2.24, 2.45) is 0 Å². The van der Waals surface area contributed by atoms with E-state index in [1.807, 2.05) is 30.5 Å². The number of hydrogen-bond donors (Lipinski definition) is 1. The van der Waals surface area contributed by atoms with Gasteiger partial charge >= 0.3 is 0 Å². The number of nitrogens with zero attached hydrogens (tertiary/aromatic N) is 3. The molecule has 1 amide bonds. The minimum Gasteiger partial charge on any atom is -0.495 e. The fraction of sp³-hybridized carbons (Fsp3) is 0.211. The van der Waals surface area contributed by atoms with Crippen LogP contribution in [0, 0.1) is 13.8 Å². The summed E-state index contributed by atoms with van der Waals surface area (Å²) >= 11 is 7.31. The van der Waals surface area contributed by atoms with Crippen LogP contribution in [0.4, 0.5) is 5.69 Å². The summed E-state index contributed by atoms with van der Waals surface area (Å²) in [5.41, 5.74) is 3.83. The highest BCUT2D eigenvalue weighted by Gasteiger charge is 2.13. The molecule has 140 valence electrons. The van der Waals surface area contributed by atoms with Crippen molar-refractivity contribution in [1.82, 2.24) is 14.8 Å². The van der Waals surface area contributed by atoms with Crippen LogP contribution in [-0.2, 0) is 4.79 Å². The number of hydrogen-bond acceptors (Lipinski definition) is 5. The van der Waals surface area contributed by atoms with Crippen molar-refractivity contribution in [1.29, 1.82) is 0 Å². The number of halogens is 1. The van der Waals surface area contributed by atoms with Crippen molar-refractivity contribution in [3.05, 3.63) is 58.9 Å². The maximum Gasteiger partial charge on any atom is 0.234 e. The zero-order valence-corrected chi connectivity index (χ0v) is 16.8. The standard InChI is InChI=1S/C19H19ClN4O2S/c1-12-4-6-16(13(2)8-12)24-11-21-23-19(24)27-10-18(25)22-15-9-14(20)5-7-17(15)26-3/h4-9,11H,10H2,1-3H3,(H,22,25). The fourth-order valence-corrected chi connectivity index (χ4v) is 3.55. The molecule has 1 heterocycles. The molecule has 27 heavy (non-hydrogen) atoms. The number of aromatic nitrogens is 3. The van der Waals surface area contributed by atoms with E-state index in [0.717, 1.165) is 11.3 Å². The molecule has 0 aliphatic carbocycles. The molecule has 0 aliphatic rings. The van der Waals surface area contributed by atoms with Crippen LogP contribution in [0.2, 0.25) is 5.02 Å². The molecule has 0 saturated carbocycles. The van der Waals surface area contributed by atoms with Crippen molar-refractivity contribution in [2.45, 2.75) is 19.0 Å². The summed E-state index contributed by atoms with van der Waals surface area (Å²) < 4.78 is 7.13. The zero-order chi connectivity index (χ0) is 19.4. The average Bonchev–Trinajstić information content (AvgIpc) is 3.08. The largest absolute Gasteiger partial charge is 0.495 e. The van der Waals surface area contributed by atoms with Gasteiger partial charge in [0.2, 0.25) is 5.91 Å². The summed E-state index contributed by atoms with van der Waals surface area (Å²) in [7, 11) is 1.54. The number of aryl methyl sites for hydroxylation is 2. The van der Waals surface area contributed by atoms with E-state index in [4.69, 9.17) is 16.3 Å². The fourth-order valence-electron chi connectivity index (χ4n) is 2.66. The molecule has 0 saturated heterocycles. The Morgan fingerprint density at radius 1 is 1.26 bits per heavy atom. The number of nitrogens with one attached hydrogen (secondary N) is 1. The molecule has 0 fully saturated rings. The SMILES string of the molecule is COc1ccc(Cl)cc1NC(=O)CSc1nncn1-c1ccc(C)cc1C. The number of rotatable bonds is 6. The molecule has 3 rings (SSSR count). The third-order valence-electron chi connectivity index (χ3n) is 3.90. The van der Waals surface area contributed by atoms with Crippen LogP contribution in [0.1, 0.15) is 11.1 Å². The van der Waals surface area contributed by atoms with E-state index in [1.165, 1.54) is 17.3 Å². The average molecular weight is 403 g/mol. The summed E-state index contributed by atoms with van der Waals surface area (Å²) in [6.07, 6.45) is 1.65. The van der Waals surface area contributed by atoms with Gasteiger partial charge in [-0.25, -0.2) is 0 Å². The molecular weight excluding hydrogens is 384 g/mol. The Kier molecular flexibility index (Phi) is 6.03. The highest BCUT2D eigenvalue weighted by molar-refractivity contribution is 7.99. The number of benzene rings is 2. The Labute approximate surface area is 166 Å². The minimum absolute atomic E-state index is 0.180. The molecule has 8 heteroatoms. The minimum atomic E-state index is -0.184. The quantitative estimate of drug-likeness (QED) is 0.623. The van der Waals surface area contributed by atoms with Gasteiger partial charge < -0.3 is 10.1 Å². The van der Waals surface area contributed by atoms with Gasteiger partial charge in [0.05, 0.1) is 24.2 Å². The topological polar surface area (TPSA) is 69.0 Å². The number of carbonyl (C=O) groups is 1. The third-order valence-corrected chi connectivity index (χ3v) is 5.07. The summed E-state index contributed by atoms with van der Waals surface area (Å²) in [6.45, 7) is 4.09. The molecule has 0 bridgehead atoms. The molecule has 0 atom stereocenters. The number of anilines is 1. The van der Waals surface area contributed by atoms with E-state index in [1.54, 1.807) is 31.6 Å². The number of methoxy groups -OCH3 is 1. The van der Waals surface area contributed by atoms with Crippen LogP contribution in [0.25, 0.3) is 5.69 Å². The molecule has 0 aliphatic heterocycles. The lowest BCUT2D eigenvalue weighted by Gasteiger charge is -2.11. The first-order valence-corrected chi connectivity index (χ1v) is 9.58. The highest BCUT2D eigenvalue weighted by Crippen LogP contribution is 2.28. The predicted molar refractivity (Wildman–Crippen MR) is 108 cm³/mol. The Morgan fingerprint density at radius 2 is 2.07 bits per heavy atom. The second-order valence-electron chi connectivity index (χ2n) is 5.95. The molecule has 0 unspecified atom stereocenters. The molecule has 0 radical (unpaired) electrons. The van der Waals surface area contributed by atoms with Crippen molar-refractivity contribution in [3.63, 3.8) is 0 Å². The monoisotopic (exact) mass is 402 g/mol. The summed E-state index contributed by atoms with van der Waals surface area (Å²) in [5.74, 6) is 0.547. The zero-order valence-electron chi connectivity index (χ0n) is 15.2. The molecule has 1 N–H and O–H groups in total. The number of thioether (sulfide) groups is 1. The first-order valence-electron chi connectivity index (χ1n) is 8.22. The van der Waals surface area contributed by atoms with Gasteiger partial charge in [-0.15, -0.1) is 10.2 Å². The lowest BCUT2D eigenvalue weighted by molar-refractivity contribution is -0.113. The Hall–Kier alpha value is -2.51. The van der Waals surface area contributed by atoms with Gasteiger partial charge in [0.15, 0.2) is 5.16 Å². The second-order valence-corrected chi connectivity index (χ2v) is 7.33. The van der Waals surface area contributed by atoms with Gasteiger partial charge in [-0.2, -0.15) is 0 Å². The van der Waals surface area contributed by atoms with Crippen molar-refractivity contribution < 1.29 is 9.53 Å². The maximum atomic E-state index is 12.4. The van der Waals surface area contributed by atoms with Gasteiger partial charge in [0, 0.05) is 5.02 Å². The summed E-state index contributed by atoms with van der Waals surface area (Å²) in [4.78, 5) is 12.4. The van der Waals surface area contributed by atoms with Crippen LogP contribution in [-0.4, -0.2) is 33.5 Å². The van der Waals surface area contributed by atoms with Crippen LogP contribution in [0.5, 0.6) is 5.75 Å². The highest BCUT2D eigenvalue weighted by atomic mass is 35.5. The van der Waals surface area contributed by atoms with Gasteiger partial charge in [-0.05, 0) is 43.7 Å². The smallest absolute Gasteiger partial charge is 0.234 e. The van der Waals surface area contributed by atoms with E-state index in [-0.39, 0.29) is 11.7 Å². The molecule has 0 spiro atoms. The van der Waals surface area contributed by atoms with Crippen LogP contribution in [0.15, 0.2) is 47.9 Å². The molecule has 3 aromatic rings. The van der Waals surface area contributed by atoms with Gasteiger partial charge in [0.1, 0.15) is 12.1 Å². The first kappa shape index (κ1) is 19.3. The van der Waals surface area contributed by atoms with Crippen LogP contribution in [0.3, 0.4) is 0 Å². The van der Waals surface area contributed by atoms with Gasteiger partial charge in [-0.3, -0.25) is 9.36 Å². The van der Waals surface area contributed by atoms with Crippen molar-refractivity contribution >= 4 is 35.0 Å². The van der Waals surface area contributed by atoms with E-state index >= 15 is 0 Å². The van der Waals surface area contributed by atoms with Crippen molar-refractivity contribution in [3.8, 4) is 11.4 Å². The third kappa shape index (κ3) is 4.61. The molecule has 1 aromatic heterocycles. The van der Waals surface area contributed by atoms with E-state index in [9.17, 15) is 4.79 Å². The summed E-state index contributed by atoms with van der Waals surface area (Å²) in [5, 5.41) is 12.1. The van der Waals surface area contributed by atoms with E-state index in [2.05, 4.69) is 21.6 Å². The first-order chi connectivity index (χ1) is 13.0. The van der Waals surface area contributed by atoms with Gasteiger partial charge in [-0.1, -0.05) is 41.1 Å². The lowest BCUT2D eigenvalue weighted by atomic mass is 10.1. The lowest BCUT2D eigenvalue weighted by Crippen LogP contribution is -2.15. The second kappa shape index (κ2) is 8.45. The van der Waals surface area contributed by atoms with Gasteiger partial charge in [0.25, 0.3) is 0 Å². The van der Waals surface area contributed by atoms with E-state index < -0.39 is 0 Å². The molecular formula is C19H19ClN4O2S. The summed E-state index contributed by atoms with van der Waals surface area (Å²) in [6, 6.07) is 11.2. The number of ether oxygens (including phenoxy) is 1. The predicted octanol–water partition coefficient (Wildman–Crippen LogP) is 4.28. The number of amides is 1. The van der Waals surface area contributed by atoms with Crippen LogP contribution >= 0.6 is 23.4 Å². The number of carbonyl (C=O) groups excluding carboxylic acids is 1. The Bertz CT molecular complexity index is 974. The normalized spacial score (nSPS) is 10.7. The Morgan fingerprint density at radius 3 is 2.81 bits per heavy atom.